The molecule has 1 aliphatic rings. The van der Waals surface area contributed by atoms with Gasteiger partial charge in [-0.05, 0) is 50.1 Å². The lowest BCUT2D eigenvalue weighted by Crippen LogP contribution is -2.35. The maximum absolute atomic E-state index is 5.62. The highest BCUT2D eigenvalue weighted by atomic mass is 32.1. The molecule has 2 aromatic rings. The number of likely N-dealkylation sites (N-methyl/N-ethyl adjacent to an activating group) is 1. The largest absolute Gasteiger partial charge is 0.357 e. The molecular weight excluding hydrogens is 306 g/mol. The Labute approximate surface area is 142 Å². The van der Waals surface area contributed by atoms with E-state index < -0.39 is 0 Å². The second-order valence-electron chi connectivity index (χ2n) is 6.23. The molecule has 2 atom stereocenters. The minimum Gasteiger partial charge on any atom is -0.357 e. The second kappa shape index (κ2) is 6.68. The van der Waals surface area contributed by atoms with Gasteiger partial charge in [0.1, 0.15) is 0 Å². The summed E-state index contributed by atoms with van der Waals surface area (Å²) in [5.74, 6) is 0. The van der Waals surface area contributed by atoms with Crippen molar-refractivity contribution in [1.29, 1.82) is 0 Å². The number of thiocarbonyl (C=S) groups is 1. The molecular formula is C17H23N5S. The summed E-state index contributed by atoms with van der Waals surface area (Å²) in [6.07, 6.45) is 6.08. The van der Waals surface area contributed by atoms with Crippen LogP contribution in [0.1, 0.15) is 23.3 Å². The van der Waals surface area contributed by atoms with Crippen molar-refractivity contribution in [2.75, 3.05) is 27.2 Å². The third kappa shape index (κ3) is 3.38. The van der Waals surface area contributed by atoms with Crippen molar-refractivity contribution in [2.45, 2.75) is 12.1 Å². The lowest BCUT2D eigenvalue weighted by molar-refractivity contribution is 0.277. The molecule has 0 spiro atoms. The van der Waals surface area contributed by atoms with E-state index in [1.807, 2.05) is 25.4 Å². The maximum atomic E-state index is 5.62. The van der Waals surface area contributed by atoms with Gasteiger partial charge in [-0.15, -0.1) is 0 Å². The Balaban J connectivity index is 1.94. The minimum absolute atomic E-state index is 0.0771. The fraction of sp³-hybridized carbons (Fsp3) is 0.412. The van der Waals surface area contributed by atoms with Crippen LogP contribution in [0, 0.1) is 0 Å². The quantitative estimate of drug-likeness (QED) is 0.849. The van der Waals surface area contributed by atoms with Gasteiger partial charge >= 0.3 is 0 Å². The third-order valence-electron chi connectivity index (χ3n) is 4.18. The second-order valence-corrected chi connectivity index (χ2v) is 6.62. The first kappa shape index (κ1) is 16.0. The van der Waals surface area contributed by atoms with Crippen LogP contribution in [-0.2, 0) is 7.05 Å². The van der Waals surface area contributed by atoms with Crippen LogP contribution in [-0.4, -0.2) is 51.6 Å². The highest BCUT2D eigenvalue weighted by Gasteiger charge is 2.39. The van der Waals surface area contributed by atoms with Crippen LogP contribution in [0.4, 0.5) is 0 Å². The molecule has 1 fully saturated rings. The van der Waals surface area contributed by atoms with E-state index in [1.54, 1.807) is 0 Å². The first-order chi connectivity index (χ1) is 11.1. The molecule has 0 unspecified atom stereocenters. The summed E-state index contributed by atoms with van der Waals surface area (Å²) in [6, 6.07) is 8.44. The molecule has 0 bridgehead atoms. The van der Waals surface area contributed by atoms with Gasteiger partial charge in [0.15, 0.2) is 5.11 Å². The van der Waals surface area contributed by atoms with Crippen molar-refractivity contribution in [3.05, 3.63) is 54.1 Å². The molecule has 122 valence electrons. The standard InChI is InChI=1S/C17H23N5S/c1-20(2)10-11-22-16(13-7-9-21(3)12-13)15(19-17(22)23)14-6-4-5-8-18-14/h4-9,12,15-16H,10-11H2,1-3H3,(H,19,23)/t15-,16-/m0/s1. The van der Waals surface area contributed by atoms with E-state index in [1.165, 1.54) is 5.56 Å². The van der Waals surface area contributed by atoms with E-state index >= 15 is 0 Å². The summed E-state index contributed by atoms with van der Waals surface area (Å²) in [5, 5.41) is 4.27. The summed E-state index contributed by atoms with van der Waals surface area (Å²) in [6.45, 7) is 1.85. The first-order valence-corrected chi connectivity index (χ1v) is 8.22. The van der Waals surface area contributed by atoms with Crippen LogP contribution in [0.15, 0.2) is 42.9 Å². The van der Waals surface area contributed by atoms with E-state index in [0.29, 0.717) is 0 Å². The van der Waals surface area contributed by atoms with Gasteiger partial charge in [-0.25, -0.2) is 0 Å². The fourth-order valence-electron chi connectivity index (χ4n) is 3.02. The SMILES string of the molecule is CN(C)CCN1C(=S)N[C@@H](c2ccccn2)[C@@H]1c1ccn(C)c1. The molecule has 0 saturated carbocycles. The predicted molar refractivity (Wildman–Crippen MR) is 96.1 cm³/mol. The van der Waals surface area contributed by atoms with Crippen LogP contribution in [0.5, 0.6) is 0 Å². The summed E-state index contributed by atoms with van der Waals surface area (Å²) < 4.78 is 2.08. The minimum atomic E-state index is 0.0771. The van der Waals surface area contributed by atoms with Crippen molar-refractivity contribution in [1.82, 2.24) is 24.7 Å². The molecule has 0 amide bonds. The normalized spacial score (nSPS) is 21.0. The van der Waals surface area contributed by atoms with E-state index in [2.05, 4.69) is 63.3 Å². The van der Waals surface area contributed by atoms with Crippen molar-refractivity contribution in [2.24, 2.45) is 7.05 Å². The molecule has 3 heterocycles. The van der Waals surface area contributed by atoms with Gasteiger partial charge in [0.25, 0.3) is 0 Å². The lowest BCUT2D eigenvalue weighted by atomic mass is 9.99. The maximum Gasteiger partial charge on any atom is 0.170 e. The van der Waals surface area contributed by atoms with Crippen molar-refractivity contribution >= 4 is 17.3 Å². The number of pyridine rings is 1. The summed E-state index contributed by atoms with van der Waals surface area (Å²) in [4.78, 5) is 9.00. The molecule has 2 aromatic heterocycles. The Morgan fingerprint density at radius 3 is 2.74 bits per heavy atom. The highest BCUT2D eigenvalue weighted by Crippen LogP contribution is 2.38. The number of nitrogens with one attached hydrogen (secondary N) is 1. The van der Waals surface area contributed by atoms with E-state index in [0.717, 1.165) is 23.9 Å². The Kier molecular flexibility index (Phi) is 4.63. The van der Waals surface area contributed by atoms with Crippen molar-refractivity contribution in [3.8, 4) is 0 Å². The number of aromatic nitrogens is 2. The van der Waals surface area contributed by atoms with Gasteiger partial charge in [0.2, 0.25) is 0 Å². The average molecular weight is 329 g/mol. The molecule has 0 aromatic carbocycles. The van der Waals surface area contributed by atoms with E-state index in [9.17, 15) is 0 Å². The van der Waals surface area contributed by atoms with Gasteiger partial charge in [-0.3, -0.25) is 4.98 Å². The third-order valence-corrected chi connectivity index (χ3v) is 4.53. The fourth-order valence-corrected chi connectivity index (χ4v) is 3.35. The Bertz CT molecular complexity index is 667. The average Bonchev–Trinajstić information content (AvgIpc) is 3.09. The van der Waals surface area contributed by atoms with Crippen molar-refractivity contribution in [3.63, 3.8) is 0 Å². The van der Waals surface area contributed by atoms with Gasteiger partial charge in [0, 0.05) is 38.7 Å². The number of hydrogen-bond donors (Lipinski definition) is 1. The van der Waals surface area contributed by atoms with Gasteiger partial charge in [-0.2, -0.15) is 0 Å². The molecule has 0 aliphatic carbocycles. The number of rotatable bonds is 5. The molecule has 1 saturated heterocycles. The molecule has 1 N–H and O–H groups in total. The van der Waals surface area contributed by atoms with Crippen LogP contribution >= 0.6 is 12.2 Å². The Morgan fingerprint density at radius 2 is 2.13 bits per heavy atom. The molecule has 5 nitrogen and oxygen atoms in total. The molecule has 6 heteroatoms. The van der Waals surface area contributed by atoms with Gasteiger partial charge < -0.3 is 19.7 Å². The zero-order chi connectivity index (χ0) is 16.4. The van der Waals surface area contributed by atoms with Crippen LogP contribution in [0.2, 0.25) is 0 Å². The zero-order valence-corrected chi connectivity index (χ0v) is 14.6. The van der Waals surface area contributed by atoms with Crippen LogP contribution < -0.4 is 5.32 Å². The monoisotopic (exact) mass is 329 g/mol. The summed E-state index contributed by atoms with van der Waals surface area (Å²) in [7, 11) is 6.21. The van der Waals surface area contributed by atoms with Gasteiger partial charge in [0.05, 0.1) is 17.8 Å². The number of aryl methyl sites for hydroxylation is 1. The molecule has 3 rings (SSSR count). The summed E-state index contributed by atoms with van der Waals surface area (Å²) >= 11 is 5.62. The number of hydrogen-bond acceptors (Lipinski definition) is 3. The molecule has 23 heavy (non-hydrogen) atoms. The highest BCUT2D eigenvalue weighted by molar-refractivity contribution is 7.80. The zero-order valence-electron chi connectivity index (χ0n) is 13.8. The molecule has 0 radical (unpaired) electrons. The van der Waals surface area contributed by atoms with Crippen molar-refractivity contribution < 1.29 is 0 Å². The Hall–Kier alpha value is -1.92. The topological polar surface area (TPSA) is 36.3 Å². The molecule has 1 aliphatic heterocycles. The van der Waals surface area contributed by atoms with Crippen LogP contribution in [0.3, 0.4) is 0 Å². The number of nitrogens with zero attached hydrogens (tertiary/aromatic N) is 4. The van der Waals surface area contributed by atoms with Crippen LogP contribution in [0.25, 0.3) is 0 Å². The van der Waals surface area contributed by atoms with E-state index in [-0.39, 0.29) is 12.1 Å². The first-order valence-electron chi connectivity index (χ1n) is 7.81. The Morgan fingerprint density at radius 1 is 1.30 bits per heavy atom. The lowest BCUT2D eigenvalue weighted by Gasteiger charge is -2.28. The summed E-state index contributed by atoms with van der Waals surface area (Å²) in [5.41, 5.74) is 2.28. The van der Waals surface area contributed by atoms with E-state index in [4.69, 9.17) is 12.2 Å². The predicted octanol–water partition coefficient (Wildman–Crippen LogP) is 1.95. The van der Waals surface area contributed by atoms with Gasteiger partial charge in [-0.1, -0.05) is 6.07 Å². The smallest absolute Gasteiger partial charge is 0.170 e.